The number of rotatable bonds is 5. The fraction of sp³-hybridized carbons (Fsp3) is 0.267. The lowest BCUT2D eigenvalue weighted by Gasteiger charge is -2.23. The summed E-state index contributed by atoms with van der Waals surface area (Å²) >= 11 is 0. The van der Waals surface area contributed by atoms with E-state index in [0.29, 0.717) is 12.2 Å². The Hall–Kier alpha value is -1.91. The van der Waals surface area contributed by atoms with Crippen LogP contribution in [-0.4, -0.2) is 28.8 Å². The molecule has 4 heteroatoms. The van der Waals surface area contributed by atoms with Gasteiger partial charge >= 0.3 is 0 Å². The summed E-state index contributed by atoms with van der Waals surface area (Å²) in [5.41, 5.74) is 2.44. The normalized spacial score (nSPS) is 12.2. The van der Waals surface area contributed by atoms with E-state index in [9.17, 15) is 5.11 Å². The van der Waals surface area contributed by atoms with Gasteiger partial charge in [0, 0.05) is 25.5 Å². The van der Waals surface area contributed by atoms with Crippen molar-refractivity contribution in [3.05, 3.63) is 59.9 Å². The van der Waals surface area contributed by atoms with Crippen LogP contribution in [0.1, 0.15) is 17.4 Å². The highest BCUT2D eigenvalue weighted by Gasteiger charge is 2.11. The van der Waals surface area contributed by atoms with Crippen molar-refractivity contribution in [2.75, 3.05) is 18.5 Å². The molecule has 4 nitrogen and oxygen atoms in total. The Morgan fingerprint density at radius 2 is 1.95 bits per heavy atom. The summed E-state index contributed by atoms with van der Waals surface area (Å²) in [6.45, 7) is 0.405. The van der Waals surface area contributed by atoms with Crippen LogP contribution in [-0.2, 0) is 6.61 Å². The van der Waals surface area contributed by atoms with E-state index in [2.05, 4.69) is 4.98 Å². The Kier molecular flexibility index (Phi) is 4.49. The number of benzene rings is 1. The highest BCUT2D eigenvalue weighted by molar-refractivity contribution is 5.46. The second-order valence-electron chi connectivity index (χ2n) is 4.47. The zero-order valence-corrected chi connectivity index (χ0v) is 10.9. The number of anilines is 1. The first-order valence-corrected chi connectivity index (χ1v) is 6.20. The van der Waals surface area contributed by atoms with E-state index in [-0.39, 0.29) is 6.61 Å². The molecule has 0 bridgehead atoms. The van der Waals surface area contributed by atoms with Gasteiger partial charge in [-0.05, 0) is 17.7 Å². The highest BCUT2D eigenvalue weighted by atomic mass is 16.3. The second kappa shape index (κ2) is 6.31. The zero-order chi connectivity index (χ0) is 13.7. The highest BCUT2D eigenvalue weighted by Crippen LogP contribution is 2.18. The summed E-state index contributed by atoms with van der Waals surface area (Å²) in [5.74, 6) is 0. The summed E-state index contributed by atoms with van der Waals surface area (Å²) in [4.78, 5) is 5.98. The molecule has 1 atom stereocenters. The zero-order valence-electron chi connectivity index (χ0n) is 10.9. The van der Waals surface area contributed by atoms with Crippen LogP contribution >= 0.6 is 0 Å². The van der Waals surface area contributed by atoms with Crippen molar-refractivity contribution in [1.82, 2.24) is 4.98 Å². The molecule has 1 aromatic carbocycles. The monoisotopic (exact) mass is 258 g/mol. The van der Waals surface area contributed by atoms with Crippen LogP contribution in [0.25, 0.3) is 0 Å². The van der Waals surface area contributed by atoms with E-state index >= 15 is 0 Å². The number of aliphatic hydroxyl groups excluding tert-OH is 2. The topological polar surface area (TPSA) is 56.6 Å². The van der Waals surface area contributed by atoms with E-state index in [1.165, 1.54) is 0 Å². The summed E-state index contributed by atoms with van der Waals surface area (Å²) in [6, 6.07) is 13.2. The molecule has 0 spiro atoms. The molecule has 0 amide bonds. The van der Waals surface area contributed by atoms with Crippen molar-refractivity contribution in [3.63, 3.8) is 0 Å². The molecule has 0 saturated carbocycles. The number of aromatic nitrogens is 1. The molecule has 1 aromatic heterocycles. The molecule has 0 saturated heterocycles. The number of pyridine rings is 1. The number of hydrogen-bond donors (Lipinski definition) is 2. The largest absolute Gasteiger partial charge is 0.390 e. The third-order valence-corrected chi connectivity index (χ3v) is 3.03. The van der Waals surface area contributed by atoms with Crippen LogP contribution in [0.3, 0.4) is 0 Å². The van der Waals surface area contributed by atoms with Crippen LogP contribution in [0.4, 0.5) is 5.69 Å². The maximum atomic E-state index is 10.2. The first-order valence-electron chi connectivity index (χ1n) is 6.20. The Bertz CT molecular complexity index is 517. The summed E-state index contributed by atoms with van der Waals surface area (Å²) < 4.78 is 0. The molecule has 0 radical (unpaired) electrons. The van der Waals surface area contributed by atoms with Gasteiger partial charge in [-0.25, -0.2) is 0 Å². The Balaban J connectivity index is 2.06. The first kappa shape index (κ1) is 13.5. The first-order chi connectivity index (χ1) is 9.20. The molecular weight excluding hydrogens is 240 g/mol. The smallest absolute Gasteiger partial charge is 0.0964 e. The predicted molar refractivity (Wildman–Crippen MR) is 74.8 cm³/mol. The minimum Gasteiger partial charge on any atom is -0.390 e. The van der Waals surface area contributed by atoms with E-state index in [1.54, 1.807) is 6.20 Å². The van der Waals surface area contributed by atoms with Crippen LogP contribution in [0.2, 0.25) is 0 Å². The van der Waals surface area contributed by atoms with Crippen molar-refractivity contribution in [2.45, 2.75) is 12.7 Å². The summed E-state index contributed by atoms with van der Waals surface area (Å²) in [5, 5.41) is 19.2. The SMILES string of the molecule is CN(C[C@@H](O)c1ccccc1)c1ccnc(CO)c1. The predicted octanol–water partition coefficient (Wildman–Crippen LogP) is 1.74. The third-order valence-electron chi connectivity index (χ3n) is 3.03. The molecule has 0 fully saturated rings. The third kappa shape index (κ3) is 3.53. The number of likely N-dealkylation sites (N-methyl/N-ethyl adjacent to an activating group) is 1. The molecular formula is C15H18N2O2. The molecule has 1 heterocycles. The van der Waals surface area contributed by atoms with Gasteiger partial charge in [0.1, 0.15) is 0 Å². The lowest BCUT2D eigenvalue weighted by atomic mass is 10.1. The number of hydrogen-bond acceptors (Lipinski definition) is 4. The lowest BCUT2D eigenvalue weighted by molar-refractivity contribution is 0.185. The summed E-state index contributed by atoms with van der Waals surface area (Å²) in [7, 11) is 1.91. The minimum atomic E-state index is -0.544. The Morgan fingerprint density at radius 3 is 2.63 bits per heavy atom. The molecule has 0 aliphatic carbocycles. The molecule has 0 aliphatic rings. The van der Waals surface area contributed by atoms with Crippen molar-refractivity contribution in [1.29, 1.82) is 0 Å². The second-order valence-corrected chi connectivity index (χ2v) is 4.47. The molecule has 2 N–H and O–H groups in total. The van der Waals surface area contributed by atoms with E-state index < -0.39 is 6.10 Å². The van der Waals surface area contributed by atoms with Gasteiger partial charge in [0.2, 0.25) is 0 Å². The van der Waals surface area contributed by atoms with Crippen molar-refractivity contribution in [3.8, 4) is 0 Å². The van der Waals surface area contributed by atoms with Gasteiger partial charge < -0.3 is 15.1 Å². The average Bonchev–Trinajstić information content (AvgIpc) is 2.48. The lowest BCUT2D eigenvalue weighted by Crippen LogP contribution is -2.24. The van der Waals surface area contributed by atoms with Gasteiger partial charge in [0.15, 0.2) is 0 Å². The van der Waals surface area contributed by atoms with Gasteiger partial charge in [-0.15, -0.1) is 0 Å². The number of aliphatic hydroxyl groups is 2. The Labute approximate surface area is 113 Å². The van der Waals surface area contributed by atoms with E-state index in [1.807, 2.05) is 54.4 Å². The Morgan fingerprint density at radius 1 is 1.21 bits per heavy atom. The van der Waals surface area contributed by atoms with Gasteiger partial charge in [-0.3, -0.25) is 4.98 Å². The fourth-order valence-electron chi connectivity index (χ4n) is 1.93. The quantitative estimate of drug-likeness (QED) is 0.857. The van der Waals surface area contributed by atoms with Crippen molar-refractivity contribution >= 4 is 5.69 Å². The van der Waals surface area contributed by atoms with Crippen LogP contribution in [0.5, 0.6) is 0 Å². The maximum absolute atomic E-state index is 10.2. The molecule has 0 aliphatic heterocycles. The molecule has 100 valence electrons. The van der Waals surface area contributed by atoms with Gasteiger partial charge in [0.05, 0.1) is 18.4 Å². The van der Waals surface area contributed by atoms with Crippen LogP contribution in [0.15, 0.2) is 48.7 Å². The van der Waals surface area contributed by atoms with Gasteiger partial charge in [0.25, 0.3) is 0 Å². The molecule has 19 heavy (non-hydrogen) atoms. The van der Waals surface area contributed by atoms with Crippen molar-refractivity contribution < 1.29 is 10.2 Å². The maximum Gasteiger partial charge on any atom is 0.0964 e. The van der Waals surface area contributed by atoms with Gasteiger partial charge in [-0.1, -0.05) is 30.3 Å². The molecule has 0 unspecified atom stereocenters. The van der Waals surface area contributed by atoms with Crippen molar-refractivity contribution in [2.24, 2.45) is 0 Å². The van der Waals surface area contributed by atoms with E-state index in [0.717, 1.165) is 11.3 Å². The summed E-state index contributed by atoms with van der Waals surface area (Å²) in [6.07, 6.45) is 1.11. The van der Waals surface area contributed by atoms with Crippen LogP contribution in [0, 0.1) is 0 Å². The van der Waals surface area contributed by atoms with E-state index in [4.69, 9.17) is 5.11 Å². The number of nitrogens with zero attached hydrogens (tertiary/aromatic N) is 2. The van der Waals surface area contributed by atoms with Gasteiger partial charge in [-0.2, -0.15) is 0 Å². The minimum absolute atomic E-state index is 0.0804. The standard InChI is InChI=1S/C15H18N2O2/c1-17(14-7-8-16-13(9-14)11-18)10-15(19)12-5-3-2-4-6-12/h2-9,15,18-19H,10-11H2,1H3/t15-/m1/s1. The average molecular weight is 258 g/mol. The molecule has 2 rings (SSSR count). The van der Waals surface area contributed by atoms with Crippen LogP contribution < -0.4 is 4.90 Å². The molecule has 2 aromatic rings. The fourth-order valence-corrected chi connectivity index (χ4v) is 1.93.